The monoisotopic (exact) mass is 174 g/mol. The third-order valence-electron chi connectivity index (χ3n) is 1.53. The zero-order chi connectivity index (χ0) is 9.98. The minimum absolute atomic E-state index is 0.225. The first kappa shape index (κ1) is 14.2. The molecule has 1 unspecified atom stereocenters. The Bertz CT molecular complexity index is 100. The molecule has 2 heteroatoms. The normalized spacial score (nSPS) is 20.4. The molecule has 0 aromatic heterocycles. The molecule has 12 heavy (non-hydrogen) atoms. The Hall–Kier alpha value is -0.370. The van der Waals surface area contributed by atoms with Crippen LogP contribution in [0.1, 0.15) is 47.0 Å². The van der Waals surface area contributed by atoms with Crippen molar-refractivity contribution in [1.29, 1.82) is 0 Å². The first-order valence-corrected chi connectivity index (χ1v) is 4.87. The van der Waals surface area contributed by atoms with E-state index in [0.717, 1.165) is 12.8 Å². The summed E-state index contributed by atoms with van der Waals surface area (Å²) in [5.74, 6) is 0.344. The molecule has 2 nitrogen and oxygen atoms in total. The topological polar surface area (TPSA) is 26.3 Å². The molecule has 0 heterocycles. The lowest BCUT2D eigenvalue weighted by Gasteiger charge is -2.01. The lowest BCUT2D eigenvalue weighted by Crippen LogP contribution is -2.03. The summed E-state index contributed by atoms with van der Waals surface area (Å²) in [5, 5.41) is 0. The number of hydrogen-bond acceptors (Lipinski definition) is 2. The molecular formula is C10H22O2. The highest BCUT2D eigenvalue weighted by molar-refractivity contribution is 5.80. The molecule has 0 N–H and O–H groups in total. The fourth-order valence-electron chi connectivity index (χ4n) is 0.981. The SMILES string of the molecule is CC.CC.COC1CCC(=O)C1. The van der Waals surface area contributed by atoms with Crippen LogP contribution in [0.25, 0.3) is 0 Å². The fraction of sp³-hybridized carbons (Fsp3) is 0.900. The fourth-order valence-corrected chi connectivity index (χ4v) is 0.981. The van der Waals surface area contributed by atoms with Gasteiger partial charge in [0.2, 0.25) is 0 Å². The minimum Gasteiger partial charge on any atom is -0.381 e. The van der Waals surface area contributed by atoms with Crippen LogP contribution < -0.4 is 0 Å². The maximum absolute atomic E-state index is 10.5. The Morgan fingerprint density at radius 3 is 1.92 bits per heavy atom. The Morgan fingerprint density at radius 1 is 1.25 bits per heavy atom. The van der Waals surface area contributed by atoms with E-state index < -0.39 is 0 Å². The number of rotatable bonds is 1. The van der Waals surface area contributed by atoms with Crippen LogP contribution >= 0.6 is 0 Å². The van der Waals surface area contributed by atoms with Crippen molar-refractivity contribution in [3.8, 4) is 0 Å². The van der Waals surface area contributed by atoms with E-state index in [-0.39, 0.29) is 6.10 Å². The number of ether oxygens (including phenoxy) is 1. The molecule has 0 spiro atoms. The molecule has 0 saturated heterocycles. The van der Waals surface area contributed by atoms with Gasteiger partial charge in [0.25, 0.3) is 0 Å². The van der Waals surface area contributed by atoms with Gasteiger partial charge >= 0.3 is 0 Å². The molecular weight excluding hydrogens is 152 g/mol. The molecule has 0 aliphatic heterocycles. The average Bonchev–Trinajstić information content (AvgIpc) is 2.58. The molecule has 0 bridgehead atoms. The van der Waals surface area contributed by atoms with E-state index >= 15 is 0 Å². The summed E-state index contributed by atoms with van der Waals surface area (Å²) in [6, 6.07) is 0. The van der Waals surface area contributed by atoms with E-state index in [2.05, 4.69) is 0 Å². The molecule has 0 radical (unpaired) electrons. The van der Waals surface area contributed by atoms with Gasteiger partial charge in [0.05, 0.1) is 6.10 Å². The van der Waals surface area contributed by atoms with Crippen molar-refractivity contribution >= 4 is 5.78 Å². The minimum atomic E-state index is 0.225. The number of methoxy groups -OCH3 is 1. The molecule has 1 rings (SSSR count). The number of carbonyl (C=O) groups is 1. The van der Waals surface area contributed by atoms with Gasteiger partial charge in [-0.3, -0.25) is 4.79 Å². The van der Waals surface area contributed by atoms with Gasteiger partial charge < -0.3 is 4.74 Å². The van der Waals surface area contributed by atoms with Crippen molar-refractivity contribution in [1.82, 2.24) is 0 Å². The molecule has 0 aromatic carbocycles. The zero-order valence-electron chi connectivity index (χ0n) is 9.02. The maximum atomic E-state index is 10.5. The van der Waals surface area contributed by atoms with Crippen molar-refractivity contribution in [2.75, 3.05) is 7.11 Å². The zero-order valence-corrected chi connectivity index (χ0v) is 9.02. The van der Waals surface area contributed by atoms with Gasteiger partial charge in [-0.15, -0.1) is 0 Å². The van der Waals surface area contributed by atoms with Crippen molar-refractivity contribution in [3.63, 3.8) is 0 Å². The Morgan fingerprint density at radius 2 is 1.75 bits per heavy atom. The van der Waals surface area contributed by atoms with Crippen LogP contribution in [0.4, 0.5) is 0 Å². The molecule has 1 atom stereocenters. The van der Waals surface area contributed by atoms with E-state index in [0.29, 0.717) is 12.2 Å². The molecule has 1 saturated carbocycles. The first-order valence-electron chi connectivity index (χ1n) is 4.87. The van der Waals surface area contributed by atoms with Gasteiger partial charge in [-0.2, -0.15) is 0 Å². The van der Waals surface area contributed by atoms with Gasteiger partial charge in [0.1, 0.15) is 5.78 Å². The van der Waals surface area contributed by atoms with E-state index in [9.17, 15) is 4.79 Å². The van der Waals surface area contributed by atoms with E-state index in [1.54, 1.807) is 7.11 Å². The Labute approximate surface area is 76.3 Å². The highest BCUT2D eigenvalue weighted by Gasteiger charge is 2.20. The van der Waals surface area contributed by atoms with Crippen molar-refractivity contribution < 1.29 is 9.53 Å². The summed E-state index contributed by atoms with van der Waals surface area (Å²) >= 11 is 0. The van der Waals surface area contributed by atoms with Crippen molar-refractivity contribution in [2.24, 2.45) is 0 Å². The van der Waals surface area contributed by atoms with Crippen LogP contribution in [-0.2, 0) is 9.53 Å². The summed E-state index contributed by atoms with van der Waals surface area (Å²) in [7, 11) is 1.66. The van der Waals surface area contributed by atoms with Crippen molar-refractivity contribution in [2.45, 2.75) is 53.1 Å². The highest BCUT2D eigenvalue weighted by atomic mass is 16.5. The summed E-state index contributed by atoms with van der Waals surface area (Å²) < 4.78 is 4.96. The van der Waals surface area contributed by atoms with E-state index in [1.165, 1.54) is 0 Å². The molecule has 74 valence electrons. The molecule has 1 fully saturated rings. The number of Topliss-reactive ketones (excluding diaryl/α,β-unsaturated/α-hetero) is 1. The van der Waals surface area contributed by atoms with Crippen molar-refractivity contribution in [3.05, 3.63) is 0 Å². The second-order valence-corrected chi connectivity index (χ2v) is 2.14. The van der Waals surface area contributed by atoms with Crippen LogP contribution in [0.3, 0.4) is 0 Å². The van der Waals surface area contributed by atoms with Crippen LogP contribution in [0.5, 0.6) is 0 Å². The van der Waals surface area contributed by atoms with Gasteiger partial charge in [0.15, 0.2) is 0 Å². The summed E-state index contributed by atoms with van der Waals surface area (Å²) in [6.07, 6.45) is 2.51. The molecule has 1 aliphatic rings. The second-order valence-electron chi connectivity index (χ2n) is 2.14. The van der Waals surface area contributed by atoms with Gasteiger partial charge in [-0.1, -0.05) is 27.7 Å². The number of carbonyl (C=O) groups excluding carboxylic acids is 1. The van der Waals surface area contributed by atoms with Crippen LogP contribution in [0, 0.1) is 0 Å². The van der Waals surface area contributed by atoms with Crippen LogP contribution in [0.15, 0.2) is 0 Å². The average molecular weight is 174 g/mol. The third kappa shape index (κ3) is 6.35. The largest absolute Gasteiger partial charge is 0.381 e. The smallest absolute Gasteiger partial charge is 0.135 e. The lowest BCUT2D eigenvalue weighted by molar-refractivity contribution is -0.118. The first-order chi connectivity index (χ1) is 5.83. The molecule has 0 aromatic rings. The number of ketones is 1. The van der Waals surface area contributed by atoms with Crippen LogP contribution in [0.2, 0.25) is 0 Å². The highest BCUT2D eigenvalue weighted by Crippen LogP contribution is 2.16. The third-order valence-corrected chi connectivity index (χ3v) is 1.53. The van der Waals surface area contributed by atoms with E-state index in [1.807, 2.05) is 27.7 Å². The standard InChI is InChI=1S/C6H10O2.2C2H6/c1-8-6-3-2-5(7)4-6;2*1-2/h6H,2-4H2,1H3;2*1-2H3. The second kappa shape index (κ2) is 10.6. The van der Waals surface area contributed by atoms with E-state index in [4.69, 9.17) is 4.74 Å². The van der Waals surface area contributed by atoms with Gasteiger partial charge in [-0.05, 0) is 6.42 Å². The Kier molecular flexibility index (Phi) is 12.6. The van der Waals surface area contributed by atoms with Gasteiger partial charge in [0, 0.05) is 20.0 Å². The van der Waals surface area contributed by atoms with Gasteiger partial charge in [-0.25, -0.2) is 0 Å². The molecule has 1 aliphatic carbocycles. The maximum Gasteiger partial charge on any atom is 0.135 e. The predicted molar refractivity (Wildman–Crippen MR) is 52.4 cm³/mol. The number of hydrogen-bond donors (Lipinski definition) is 0. The van der Waals surface area contributed by atoms with Crippen LogP contribution in [-0.4, -0.2) is 19.0 Å². The lowest BCUT2D eigenvalue weighted by atomic mass is 10.3. The molecule has 0 amide bonds. The summed E-state index contributed by atoms with van der Waals surface area (Å²) in [4.78, 5) is 10.5. The summed E-state index contributed by atoms with van der Waals surface area (Å²) in [6.45, 7) is 8.00. The quantitative estimate of drug-likeness (QED) is 0.611. The predicted octanol–water partition coefficient (Wildman–Crippen LogP) is 2.81. The Balaban J connectivity index is 0. The summed E-state index contributed by atoms with van der Waals surface area (Å²) in [5.41, 5.74) is 0.